The average molecular weight is 287 g/mol. The van der Waals surface area contributed by atoms with Gasteiger partial charge >= 0.3 is 0 Å². The van der Waals surface area contributed by atoms with Crippen molar-refractivity contribution in [2.45, 2.75) is 19.4 Å². The minimum absolute atomic E-state index is 0.0135. The Labute approximate surface area is 119 Å². The number of non-ortho nitro benzene ring substituents is 1. The van der Waals surface area contributed by atoms with Gasteiger partial charge in [0.05, 0.1) is 11.0 Å². The van der Waals surface area contributed by atoms with Crippen molar-refractivity contribution in [2.24, 2.45) is 0 Å². The van der Waals surface area contributed by atoms with Crippen LogP contribution < -0.4 is 5.32 Å². The number of oxazole rings is 1. The predicted molar refractivity (Wildman–Crippen MR) is 75.9 cm³/mol. The first-order chi connectivity index (χ1) is 10.2. The Balaban J connectivity index is 1.88. The molecule has 0 bridgehead atoms. The van der Waals surface area contributed by atoms with Crippen LogP contribution in [-0.4, -0.2) is 19.9 Å². The maximum atomic E-state index is 10.8. The Hall–Kier alpha value is -2.90. The van der Waals surface area contributed by atoms with E-state index >= 15 is 0 Å². The molecule has 0 radical (unpaired) electrons. The van der Waals surface area contributed by atoms with Crippen LogP contribution in [0.1, 0.15) is 25.2 Å². The molecular weight excluding hydrogens is 274 g/mol. The summed E-state index contributed by atoms with van der Waals surface area (Å²) in [5.74, 6) is 0.783. The van der Waals surface area contributed by atoms with E-state index in [1.165, 1.54) is 12.1 Å². The number of H-pyrrole nitrogens is 1. The van der Waals surface area contributed by atoms with Crippen molar-refractivity contribution in [3.05, 3.63) is 46.5 Å². The Morgan fingerprint density at radius 1 is 1.52 bits per heavy atom. The maximum Gasteiger partial charge on any atom is 0.296 e. The average Bonchev–Trinajstić information content (AvgIpc) is 3.12. The summed E-state index contributed by atoms with van der Waals surface area (Å²) in [4.78, 5) is 21.8. The summed E-state index contributed by atoms with van der Waals surface area (Å²) < 4.78 is 5.55. The number of nitro groups is 1. The van der Waals surface area contributed by atoms with Crippen LogP contribution in [0.4, 0.5) is 11.7 Å². The number of hydrogen-bond acceptors (Lipinski definition) is 6. The molecular formula is C13H13N5O3. The van der Waals surface area contributed by atoms with Gasteiger partial charge in [0.25, 0.3) is 11.7 Å². The molecule has 2 N–H and O–H groups in total. The first-order valence-electron chi connectivity index (χ1n) is 6.48. The molecule has 21 heavy (non-hydrogen) atoms. The molecule has 108 valence electrons. The monoisotopic (exact) mass is 287 g/mol. The van der Waals surface area contributed by atoms with Crippen molar-refractivity contribution in [1.82, 2.24) is 15.0 Å². The summed E-state index contributed by atoms with van der Waals surface area (Å²) in [7, 11) is 0. The van der Waals surface area contributed by atoms with Gasteiger partial charge in [-0.2, -0.15) is 4.98 Å². The summed E-state index contributed by atoms with van der Waals surface area (Å²) in [6, 6.07) is 4.56. The van der Waals surface area contributed by atoms with Gasteiger partial charge in [-0.05, 0) is 12.5 Å². The van der Waals surface area contributed by atoms with Crippen LogP contribution in [0.5, 0.6) is 0 Å². The van der Waals surface area contributed by atoms with Crippen molar-refractivity contribution in [3.63, 3.8) is 0 Å². The normalized spacial score (nSPS) is 12.4. The molecule has 0 amide bonds. The summed E-state index contributed by atoms with van der Waals surface area (Å²) in [6.45, 7) is 2.01. The Bertz CT molecular complexity index is 765. The third kappa shape index (κ3) is 2.55. The third-order valence-electron chi connectivity index (χ3n) is 3.14. The second-order valence-electron chi connectivity index (χ2n) is 4.51. The number of rotatable bonds is 5. The zero-order chi connectivity index (χ0) is 14.8. The van der Waals surface area contributed by atoms with E-state index in [0.717, 1.165) is 12.2 Å². The van der Waals surface area contributed by atoms with Gasteiger partial charge in [-0.3, -0.25) is 10.1 Å². The Morgan fingerprint density at radius 3 is 3.05 bits per heavy atom. The number of aromatic nitrogens is 3. The fraction of sp³-hybridized carbons (Fsp3) is 0.231. The molecule has 0 aliphatic carbocycles. The second-order valence-corrected chi connectivity index (χ2v) is 4.51. The predicted octanol–water partition coefficient (Wildman–Crippen LogP) is 3.02. The maximum absolute atomic E-state index is 10.8. The highest BCUT2D eigenvalue weighted by atomic mass is 16.6. The number of aromatic amines is 1. The van der Waals surface area contributed by atoms with E-state index in [1.807, 2.05) is 6.92 Å². The summed E-state index contributed by atoms with van der Waals surface area (Å²) in [6.07, 6.45) is 4.20. The van der Waals surface area contributed by atoms with E-state index < -0.39 is 4.92 Å². The molecule has 0 spiro atoms. The van der Waals surface area contributed by atoms with Crippen LogP contribution in [-0.2, 0) is 0 Å². The number of imidazole rings is 1. The molecule has 1 unspecified atom stereocenters. The van der Waals surface area contributed by atoms with Gasteiger partial charge in [0.15, 0.2) is 5.58 Å². The molecule has 8 nitrogen and oxygen atoms in total. The van der Waals surface area contributed by atoms with Crippen LogP contribution in [0.3, 0.4) is 0 Å². The standard InChI is InChI=1S/C13H13N5O3/c1-2-9(12-14-5-6-15-12)16-13-17-10-7-8(18(19)20)3-4-11(10)21-13/h3-7,9H,2H2,1H3,(H,14,15)(H,16,17). The lowest BCUT2D eigenvalue weighted by atomic mass is 10.2. The number of nitrogens with one attached hydrogen (secondary N) is 2. The van der Waals surface area contributed by atoms with Crippen molar-refractivity contribution in [3.8, 4) is 0 Å². The van der Waals surface area contributed by atoms with Crippen LogP contribution >= 0.6 is 0 Å². The molecule has 2 aromatic heterocycles. The van der Waals surface area contributed by atoms with E-state index in [2.05, 4.69) is 20.3 Å². The van der Waals surface area contributed by atoms with Crippen LogP contribution in [0.2, 0.25) is 0 Å². The quantitative estimate of drug-likeness (QED) is 0.551. The molecule has 0 fully saturated rings. The molecule has 3 rings (SSSR count). The molecule has 3 aromatic rings. The minimum Gasteiger partial charge on any atom is -0.424 e. The van der Waals surface area contributed by atoms with E-state index in [4.69, 9.17) is 4.42 Å². The lowest BCUT2D eigenvalue weighted by Crippen LogP contribution is -2.11. The Kier molecular flexibility index (Phi) is 3.27. The lowest BCUT2D eigenvalue weighted by Gasteiger charge is -2.12. The highest BCUT2D eigenvalue weighted by molar-refractivity contribution is 5.77. The van der Waals surface area contributed by atoms with E-state index in [-0.39, 0.29) is 11.7 Å². The molecule has 8 heteroatoms. The largest absolute Gasteiger partial charge is 0.424 e. The van der Waals surface area contributed by atoms with E-state index in [9.17, 15) is 10.1 Å². The van der Waals surface area contributed by atoms with Gasteiger partial charge in [0, 0.05) is 24.5 Å². The van der Waals surface area contributed by atoms with Crippen LogP contribution in [0, 0.1) is 10.1 Å². The molecule has 1 atom stereocenters. The molecule has 0 aliphatic heterocycles. The van der Waals surface area contributed by atoms with Crippen molar-refractivity contribution in [1.29, 1.82) is 0 Å². The summed E-state index contributed by atoms with van der Waals surface area (Å²) in [5.41, 5.74) is 0.929. The number of benzene rings is 1. The van der Waals surface area contributed by atoms with E-state index in [1.54, 1.807) is 18.5 Å². The van der Waals surface area contributed by atoms with Crippen molar-refractivity contribution < 1.29 is 9.34 Å². The zero-order valence-corrected chi connectivity index (χ0v) is 11.2. The molecule has 0 saturated heterocycles. The summed E-state index contributed by atoms with van der Waals surface area (Å²) in [5, 5.41) is 13.9. The lowest BCUT2D eigenvalue weighted by molar-refractivity contribution is -0.384. The molecule has 1 aromatic carbocycles. The van der Waals surface area contributed by atoms with Gasteiger partial charge in [0.2, 0.25) is 0 Å². The zero-order valence-electron chi connectivity index (χ0n) is 11.2. The highest BCUT2D eigenvalue weighted by Crippen LogP contribution is 2.26. The summed E-state index contributed by atoms with van der Waals surface area (Å²) >= 11 is 0. The fourth-order valence-electron chi connectivity index (χ4n) is 2.07. The number of hydrogen-bond donors (Lipinski definition) is 2. The first-order valence-corrected chi connectivity index (χ1v) is 6.48. The number of nitro benzene ring substituents is 1. The first kappa shape index (κ1) is 13.1. The third-order valence-corrected chi connectivity index (χ3v) is 3.14. The Morgan fingerprint density at radius 2 is 2.38 bits per heavy atom. The molecule has 0 aliphatic rings. The number of fused-ring (bicyclic) bond motifs is 1. The molecule has 2 heterocycles. The van der Waals surface area contributed by atoms with Crippen LogP contribution in [0.25, 0.3) is 11.1 Å². The van der Waals surface area contributed by atoms with Gasteiger partial charge < -0.3 is 14.7 Å². The second kappa shape index (κ2) is 5.23. The minimum atomic E-state index is -0.459. The van der Waals surface area contributed by atoms with Gasteiger partial charge in [-0.1, -0.05) is 6.92 Å². The molecule has 0 saturated carbocycles. The van der Waals surface area contributed by atoms with Gasteiger partial charge in [-0.15, -0.1) is 0 Å². The van der Waals surface area contributed by atoms with E-state index in [0.29, 0.717) is 17.1 Å². The topological polar surface area (TPSA) is 110 Å². The van der Waals surface area contributed by atoms with Gasteiger partial charge in [-0.25, -0.2) is 4.98 Å². The smallest absolute Gasteiger partial charge is 0.296 e. The fourth-order valence-corrected chi connectivity index (χ4v) is 2.07. The highest BCUT2D eigenvalue weighted by Gasteiger charge is 2.16. The van der Waals surface area contributed by atoms with Crippen molar-refractivity contribution in [2.75, 3.05) is 5.32 Å². The number of nitrogens with zero attached hydrogens (tertiary/aromatic N) is 3. The SMILES string of the molecule is CCC(Nc1nc2cc([N+](=O)[O-])ccc2o1)c1ncc[nH]1. The number of anilines is 1. The van der Waals surface area contributed by atoms with Crippen LogP contribution in [0.15, 0.2) is 35.0 Å². The van der Waals surface area contributed by atoms with Gasteiger partial charge in [0.1, 0.15) is 11.3 Å². The van der Waals surface area contributed by atoms with Crippen molar-refractivity contribution >= 4 is 22.8 Å².